The number of H-pyrrole nitrogens is 1. The van der Waals surface area contributed by atoms with Gasteiger partial charge in [-0.25, -0.2) is 0 Å². The van der Waals surface area contributed by atoms with Crippen LogP contribution >= 0.6 is 11.6 Å². The molecule has 0 saturated heterocycles. The van der Waals surface area contributed by atoms with Crippen molar-refractivity contribution in [1.29, 1.82) is 0 Å². The van der Waals surface area contributed by atoms with Gasteiger partial charge in [0.15, 0.2) is 0 Å². The Labute approximate surface area is 236 Å². The van der Waals surface area contributed by atoms with Crippen LogP contribution < -0.4 is 12.3 Å². The van der Waals surface area contributed by atoms with Crippen molar-refractivity contribution < 1.29 is 4.39 Å². The molecule has 2 aromatic rings. The quantitative estimate of drug-likeness (QED) is 0.125. The van der Waals surface area contributed by atoms with Gasteiger partial charge in [-0.05, 0) is 19.2 Å². The van der Waals surface area contributed by atoms with Gasteiger partial charge in [-0.3, -0.25) is 4.99 Å². The molecule has 0 amide bonds. The number of alkyl halides is 1. The Bertz CT molecular complexity index is 1010. The Morgan fingerprint density at radius 2 is 2.05 bits per heavy atom. The maximum atomic E-state index is 14.8. The Hall–Kier alpha value is -1.62. The van der Waals surface area contributed by atoms with Crippen LogP contribution in [-0.4, -0.2) is 43.8 Å². The molecule has 5 nitrogen and oxygen atoms in total. The zero-order valence-corrected chi connectivity index (χ0v) is 27.0. The smallest absolute Gasteiger partial charge is 0.0108 e. The number of hydrogen-bond acceptors (Lipinski definition) is 4. The summed E-state index contributed by atoms with van der Waals surface area (Å²) in [5.41, 5.74) is 3.60. The summed E-state index contributed by atoms with van der Waals surface area (Å²) < 4.78 is 19.5. The number of nitrogens with one attached hydrogen (secondary N) is 3. The summed E-state index contributed by atoms with van der Waals surface area (Å²) in [6, 6.07) is 6.02. The maximum absolute atomic E-state index is 14.8. The first kappa shape index (κ1) is 33.4. The molecule has 0 spiro atoms. The number of hydrogen-bond donors (Lipinski definition) is 3. The predicted molar refractivity (Wildman–Crippen MR) is 163 cm³/mol. The summed E-state index contributed by atoms with van der Waals surface area (Å²) in [4.78, 5) is 5.77. The molecule has 3 atom stereocenters. The molecule has 1 fully saturated rings. The average Bonchev–Trinajstić information content (AvgIpc) is 3.69. The van der Waals surface area contributed by atoms with Crippen LogP contribution in [0.5, 0.6) is 0 Å². The Morgan fingerprint density at radius 3 is 2.65 bits per heavy atom. The molecule has 8 heteroatoms. The zero-order chi connectivity index (χ0) is 28.0. The molecule has 3 N–H and O–H groups in total. The van der Waals surface area contributed by atoms with E-state index in [0.29, 0.717) is 24.0 Å². The minimum absolute atomic E-state index is 0.119. The Morgan fingerprint density at radius 1 is 1.35 bits per heavy atom. The normalized spacial score (nSPS) is 19.2. The van der Waals surface area contributed by atoms with Crippen molar-refractivity contribution >= 4 is 53.8 Å². The van der Waals surface area contributed by atoms with Crippen molar-refractivity contribution in [2.45, 2.75) is 77.6 Å². The fourth-order valence-electron chi connectivity index (χ4n) is 4.57. The minimum atomic E-state index is -1.58. The van der Waals surface area contributed by atoms with Gasteiger partial charge in [-0.1, -0.05) is 46.8 Å². The standard InChI is InChI=1S/C19H25FN4.C6H9N.C2H6.CH3Cl.CH3.Sb/c1-3-12(2)13-7-8-14(9-13)17-10-18(24-23-17)22-16-6-4-5-15(11-21)19(16)20;1-4-6(2)5-7-3;2*1-2;;/h4,6,10,12-14,21H,3,7-9,11H2,1-2H3,(H2,22,23,24);4-5H,1,3H2,2H3;1-2H3;1H3;1H3;/q-1;;;;;+1/b;6-5-;;;;. The summed E-state index contributed by atoms with van der Waals surface area (Å²) in [5.74, 6) is 2.76. The molecule has 206 valence electrons. The zero-order valence-electron chi connectivity index (χ0n) is 23.7. The van der Waals surface area contributed by atoms with Crippen LogP contribution in [0.4, 0.5) is 15.9 Å². The molecular weight excluding hydrogens is 595 g/mol. The third kappa shape index (κ3) is 9.57. The number of aromatic nitrogens is 2. The topological polar surface area (TPSA) is 65.1 Å². The van der Waals surface area contributed by atoms with Gasteiger partial charge in [0.25, 0.3) is 0 Å². The Balaban J connectivity index is 0.000000535. The Kier molecular flexibility index (Phi) is 16.1. The van der Waals surface area contributed by atoms with E-state index >= 15 is 0 Å². The fraction of sp³-hybridized carbons (Fsp3) is 0.517. The summed E-state index contributed by atoms with van der Waals surface area (Å²) in [6.45, 7) is 18.0. The van der Waals surface area contributed by atoms with Gasteiger partial charge in [-0.15, -0.1) is 11.6 Å². The van der Waals surface area contributed by atoms with Gasteiger partial charge in [0.05, 0.1) is 0 Å². The minimum Gasteiger partial charge on any atom is -0.130 e. The van der Waals surface area contributed by atoms with E-state index < -0.39 is 20.5 Å². The van der Waals surface area contributed by atoms with Gasteiger partial charge in [0, 0.05) is 12.6 Å². The molecule has 1 saturated carbocycles. The van der Waals surface area contributed by atoms with Crippen molar-refractivity contribution in [3.63, 3.8) is 0 Å². The number of anilines is 2. The molecular formula is C29H46ClFN5Sb. The third-order valence-corrected chi connectivity index (χ3v) is 12.0. The number of halogens is 2. The molecule has 0 radical (unpaired) electrons. The monoisotopic (exact) mass is 639 g/mol. The number of rotatable bonds is 7. The van der Waals surface area contributed by atoms with Crippen molar-refractivity contribution in [3.05, 3.63) is 59.7 Å². The number of fused-ring (bicyclic) bond motifs is 1. The largest absolute Gasteiger partial charge is 0.130 e. The van der Waals surface area contributed by atoms with Crippen LogP contribution in [0.2, 0.25) is 4.87 Å². The van der Waals surface area contributed by atoms with Gasteiger partial charge in [0.1, 0.15) is 0 Å². The van der Waals surface area contributed by atoms with E-state index in [0.717, 1.165) is 23.0 Å². The molecule has 3 unspecified atom stereocenters. The molecule has 1 aliphatic heterocycles. The first-order valence-electron chi connectivity index (χ1n) is 13.1. The fourth-order valence-corrected chi connectivity index (χ4v) is 8.69. The van der Waals surface area contributed by atoms with E-state index in [1.807, 2.05) is 26.8 Å². The van der Waals surface area contributed by atoms with Crippen molar-refractivity contribution in [3.8, 4) is 0 Å². The average molecular weight is 641 g/mol. The summed E-state index contributed by atoms with van der Waals surface area (Å²) in [6.07, 6.45) is 9.87. The molecule has 0 bridgehead atoms. The van der Waals surface area contributed by atoms with Gasteiger partial charge in [0.2, 0.25) is 0 Å². The first-order valence-corrected chi connectivity index (χ1v) is 19.0. The second-order valence-electron chi connectivity index (χ2n) is 9.07. The molecule has 37 heavy (non-hydrogen) atoms. The number of allylic oxidation sites excluding steroid dienone is 2. The van der Waals surface area contributed by atoms with E-state index in [1.165, 1.54) is 41.3 Å². The van der Waals surface area contributed by atoms with Crippen LogP contribution in [0.15, 0.2) is 47.6 Å². The molecule has 1 aliphatic carbocycles. The van der Waals surface area contributed by atoms with E-state index in [2.05, 4.69) is 79.7 Å². The SMILES string of the molecule is C=C/C(C)=C\N=C.CC.CCC(C)C1CCC(c2cc(Nc3cc[c]4c(c3F)C[NH][Sb]4[CH3])n[nH]2)C1.CCl. The van der Waals surface area contributed by atoms with E-state index in [-0.39, 0.29) is 5.82 Å². The molecule has 1 aromatic heterocycles. The van der Waals surface area contributed by atoms with Gasteiger partial charge < -0.3 is 0 Å². The first-order chi connectivity index (χ1) is 17.9. The number of benzene rings is 1. The van der Waals surface area contributed by atoms with Crippen LogP contribution in [0.25, 0.3) is 0 Å². The van der Waals surface area contributed by atoms with Crippen molar-refractivity contribution in [2.75, 3.05) is 11.7 Å². The van der Waals surface area contributed by atoms with Crippen molar-refractivity contribution in [2.24, 2.45) is 16.8 Å². The summed E-state index contributed by atoms with van der Waals surface area (Å²) >= 11 is 3.05. The second kappa shape index (κ2) is 17.8. The van der Waals surface area contributed by atoms with Crippen LogP contribution in [0.1, 0.15) is 77.5 Å². The van der Waals surface area contributed by atoms with Gasteiger partial charge >= 0.3 is 143 Å². The maximum Gasteiger partial charge on any atom is 0.0108 e. The van der Waals surface area contributed by atoms with Crippen molar-refractivity contribution in [1.82, 2.24) is 13.7 Å². The molecule has 2 heterocycles. The second-order valence-corrected chi connectivity index (χ2v) is 14.5. The molecule has 4 rings (SSSR count). The van der Waals surface area contributed by atoms with E-state index in [9.17, 15) is 4.39 Å². The number of aliphatic imine (C=N–C) groups is 1. The van der Waals surface area contributed by atoms with Crippen LogP contribution in [0.3, 0.4) is 0 Å². The molecule has 2 aliphatic rings. The third-order valence-electron chi connectivity index (χ3n) is 6.91. The number of aromatic amines is 1. The molecule has 1 aromatic carbocycles. The van der Waals surface area contributed by atoms with Crippen LogP contribution in [-0.2, 0) is 6.54 Å². The summed E-state index contributed by atoms with van der Waals surface area (Å²) in [7, 11) is 0. The number of nitrogens with zero attached hydrogens (tertiary/aromatic N) is 2. The van der Waals surface area contributed by atoms with Gasteiger partial charge in [-0.2, -0.15) is 0 Å². The predicted octanol–water partition coefficient (Wildman–Crippen LogP) is 7.81. The van der Waals surface area contributed by atoms with Crippen LogP contribution in [0, 0.1) is 17.7 Å². The van der Waals surface area contributed by atoms with E-state index in [1.54, 1.807) is 12.3 Å². The summed E-state index contributed by atoms with van der Waals surface area (Å²) in [5, 5.41) is 10.8. The van der Waals surface area contributed by atoms with E-state index in [4.69, 9.17) is 0 Å².